The topological polar surface area (TPSA) is 95.5 Å². The number of benzene rings is 2. The van der Waals surface area contributed by atoms with Crippen LogP contribution in [0.1, 0.15) is 29.9 Å². The fourth-order valence-corrected chi connectivity index (χ4v) is 3.29. The normalized spacial score (nSPS) is 16.7. The van der Waals surface area contributed by atoms with Crippen LogP contribution in [0.15, 0.2) is 54.6 Å². The Morgan fingerprint density at radius 3 is 2.56 bits per heavy atom. The molecular weight excluding hydrogens is 344 g/mol. The molecule has 0 fully saturated rings. The van der Waals surface area contributed by atoms with Crippen molar-refractivity contribution in [3.63, 3.8) is 0 Å². The number of rotatable bonds is 7. The Morgan fingerprint density at radius 2 is 1.81 bits per heavy atom. The summed E-state index contributed by atoms with van der Waals surface area (Å²) in [5, 5.41) is 15.0. The molecule has 1 aliphatic rings. The summed E-state index contributed by atoms with van der Waals surface area (Å²) in [6, 6.07) is 16.5. The van der Waals surface area contributed by atoms with E-state index in [0.29, 0.717) is 18.4 Å². The molecule has 3 rings (SSSR count). The monoisotopic (exact) mass is 366 g/mol. The number of hydrogen-bond acceptors (Lipinski definition) is 3. The van der Waals surface area contributed by atoms with Gasteiger partial charge in [0, 0.05) is 24.6 Å². The number of anilines is 1. The second kappa shape index (κ2) is 8.49. The lowest BCUT2D eigenvalue weighted by Gasteiger charge is -2.24. The highest BCUT2D eigenvalue weighted by atomic mass is 16.4. The van der Waals surface area contributed by atoms with Crippen LogP contribution in [0.3, 0.4) is 0 Å². The van der Waals surface area contributed by atoms with Gasteiger partial charge in [-0.25, -0.2) is 0 Å². The molecule has 3 N–H and O–H groups in total. The molecule has 0 aliphatic carbocycles. The standard InChI is InChI=1S/C21H22N2O4/c24-19(22-13-17(21(26)27)14-6-2-1-3-7-14)11-10-16-12-15-8-4-5-9-18(15)23-20(16)25/h1-9,16-17H,10-13H2,(H,22,24)(H,23,25)(H,26,27). The Kier molecular flexibility index (Phi) is 5.86. The summed E-state index contributed by atoms with van der Waals surface area (Å²) in [5.41, 5.74) is 2.54. The average molecular weight is 366 g/mol. The minimum Gasteiger partial charge on any atom is -0.481 e. The fraction of sp³-hybridized carbons (Fsp3) is 0.286. The smallest absolute Gasteiger partial charge is 0.312 e. The molecule has 140 valence electrons. The molecule has 1 aliphatic heterocycles. The van der Waals surface area contributed by atoms with Crippen LogP contribution in [0.4, 0.5) is 5.69 Å². The summed E-state index contributed by atoms with van der Waals surface area (Å²) >= 11 is 0. The van der Waals surface area contributed by atoms with Gasteiger partial charge in [-0.3, -0.25) is 14.4 Å². The predicted octanol–water partition coefficient (Wildman–Crippen LogP) is 2.56. The highest BCUT2D eigenvalue weighted by molar-refractivity contribution is 5.96. The van der Waals surface area contributed by atoms with Crippen LogP contribution in [0.5, 0.6) is 0 Å². The van der Waals surface area contributed by atoms with Gasteiger partial charge >= 0.3 is 5.97 Å². The van der Waals surface area contributed by atoms with Crippen molar-refractivity contribution in [1.82, 2.24) is 5.32 Å². The van der Waals surface area contributed by atoms with Gasteiger partial charge in [-0.1, -0.05) is 48.5 Å². The molecule has 2 aromatic rings. The third-order valence-corrected chi connectivity index (χ3v) is 4.84. The van der Waals surface area contributed by atoms with Gasteiger partial charge in [0.15, 0.2) is 0 Å². The highest BCUT2D eigenvalue weighted by Gasteiger charge is 2.26. The molecule has 0 spiro atoms. The molecule has 6 nitrogen and oxygen atoms in total. The Hall–Kier alpha value is -3.15. The van der Waals surface area contributed by atoms with Crippen LogP contribution in [0.2, 0.25) is 0 Å². The zero-order valence-electron chi connectivity index (χ0n) is 14.9. The molecule has 0 radical (unpaired) electrons. The van der Waals surface area contributed by atoms with E-state index in [0.717, 1.165) is 11.3 Å². The lowest BCUT2D eigenvalue weighted by atomic mass is 9.89. The van der Waals surface area contributed by atoms with Crippen molar-refractivity contribution >= 4 is 23.5 Å². The van der Waals surface area contributed by atoms with Crippen LogP contribution in [-0.4, -0.2) is 29.4 Å². The molecule has 27 heavy (non-hydrogen) atoms. The summed E-state index contributed by atoms with van der Waals surface area (Å²) in [7, 11) is 0. The van der Waals surface area contributed by atoms with Crippen molar-refractivity contribution in [2.24, 2.45) is 5.92 Å². The predicted molar refractivity (Wildman–Crippen MR) is 101 cm³/mol. The molecule has 0 saturated heterocycles. The molecule has 2 unspecified atom stereocenters. The lowest BCUT2D eigenvalue weighted by Crippen LogP contribution is -2.34. The van der Waals surface area contributed by atoms with Crippen molar-refractivity contribution in [2.45, 2.75) is 25.2 Å². The van der Waals surface area contributed by atoms with E-state index in [2.05, 4.69) is 10.6 Å². The minimum absolute atomic E-state index is 0.0257. The van der Waals surface area contributed by atoms with Gasteiger partial charge in [0.2, 0.25) is 11.8 Å². The summed E-state index contributed by atoms with van der Waals surface area (Å²) in [6.45, 7) is 0.0257. The number of carbonyl (C=O) groups is 3. The third-order valence-electron chi connectivity index (χ3n) is 4.84. The Bertz CT molecular complexity index is 835. The molecule has 0 saturated carbocycles. The molecular formula is C21H22N2O4. The Balaban J connectivity index is 1.51. The summed E-state index contributed by atoms with van der Waals surface area (Å²) in [5.74, 6) is -2.35. The second-order valence-corrected chi connectivity index (χ2v) is 6.69. The molecule has 2 atom stereocenters. The van der Waals surface area contributed by atoms with E-state index in [1.165, 1.54) is 0 Å². The second-order valence-electron chi connectivity index (χ2n) is 6.69. The van der Waals surface area contributed by atoms with Crippen LogP contribution in [0, 0.1) is 5.92 Å². The lowest BCUT2D eigenvalue weighted by molar-refractivity contribution is -0.138. The molecule has 2 amide bonds. The van der Waals surface area contributed by atoms with Crippen molar-refractivity contribution < 1.29 is 19.5 Å². The number of para-hydroxylation sites is 1. The van der Waals surface area contributed by atoms with Crippen molar-refractivity contribution in [2.75, 3.05) is 11.9 Å². The zero-order chi connectivity index (χ0) is 19.2. The number of nitrogens with one attached hydrogen (secondary N) is 2. The van der Waals surface area contributed by atoms with Crippen LogP contribution in [-0.2, 0) is 20.8 Å². The van der Waals surface area contributed by atoms with Gasteiger partial charge in [-0.05, 0) is 30.0 Å². The maximum Gasteiger partial charge on any atom is 0.312 e. The van der Waals surface area contributed by atoms with Crippen molar-refractivity contribution in [1.29, 1.82) is 0 Å². The van der Waals surface area contributed by atoms with Gasteiger partial charge in [0.1, 0.15) is 0 Å². The molecule has 0 bridgehead atoms. The van der Waals surface area contributed by atoms with E-state index in [1.54, 1.807) is 24.3 Å². The number of carboxylic acid groups (broad SMARTS) is 1. The van der Waals surface area contributed by atoms with Crippen LogP contribution in [0.25, 0.3) is 0 Å². The SMILES string of the molecule is O=C(CCC1Cc2ccccc2NC1=O)NCC(C(=O)O)c1ccccc1. The number of fused-ring (bicyclic) bond motifs is 1. The number of hydrogen-bond donors (Lipinski definition) is 3. The van der Waals surface area contributed by atoms with Gasteiger partial charge in [-0.2, -0.15) is 0 Å². The fourth-order valence-electron chi connectivity index (χ4n) is 3.29. The summed E-state index contributed by atoms with van der Waals surface area (Å²) in [4.78, 5) is 35.8. The van der Waals surface area contributed by atoms with E-state index >= 15 is 0 Å². The summed E-state index contributed by atoms with van der Waals surface area (Å²) < 4.78 is 0. The highest BCUT2D eigenvalue weighted by Crippen LogP contribution is 2.27. The van der Waals surface area contributed by atoms with Gasteiger partial charge in [0.05, 0.1) is 5.92 Å². The first-order valence-electron chi connectivity index (χ1n) is 8.98. The maximum absolute atomic E-state index is 12.2. The molecule has 6 heteroatoms. The Morgan fingerprint density at radius 1 is 1.11 bits per heavy atom. The van der Waals surface area contributed by atoms with E-state index in [1.807, 2.05) is 30.3 Å². The maximum atomic E-state index is 12.2. The van der Waals surface area contributed by atoms with E-state index in [4.69, 9.17) is 0 Å². The van der Waals surface area contributed by atoms with Gasteiger partial charge in [0.25, 0.3) is 0 Å². The summed E-state index contributed by atoms with van der Waals surface area (Å²) in [6.07, 6.45) is 1.22. The zero-order valence-corrected chi connectivity index (χ0v) is 14.9. The molecule has 1 heterocycles. The number of carbonyl (C=O) groups excluding carboxylic acids is 2. The van der Waals surface area contributed by atoms with Crippen LogP contribution >= 0.6 is 0 Å². The van der Waals surface area contributed by atoms with E-state index < -0.39 is 11.9 Å². The van der Waals surface area contributed by atoms with Gasteiger partial charge < -0.3 is 15.7 Å². The Labute approximate surface area is 157 Å². The number of aliphatic carboxylic acids is 1. The first-order chi connectivity index (χ1) is 13.0. The number of carboxylic acids is 1. The van der Waals surface area contributed by atoms with E-state index in [9.17, 15) is 19.5 Å². The third kappa shape index (κ3) is 4.73. The average Bonchev–Trinajstić information content (AvgIpc) is 2.67. The molecule has 2 aromatic carbocycles. The largest absolute Gasteiger partial charge is 0.481 e. The first-order valence-corrected chi connectivity index (χ1v) is 8.98. The first kappa shape index (κ1) is 18.6. The van der Waals surface area contributed by atoms with Gasteiger partial charge in [-0.15, -0.1) is 0 Å². The van der Waals surface area contributed by atoms with Crippen molar-refractivity contribution in [3.05, 3.63) is 65.7 Å². The quantitative estimate of drug-likeness (QED) is 0.702. The van der Waals surface area contributed by atoms with Crippen molar-refractivity contribution in [3.8, 4) is 0 Å². The number of amides is 2. The molecule has 0 aromatic heterocycles. The van der Waals surface area contributed by atoms with Crippen LogP contribution < -0.4 is 10.6 Å². The van der Waals surface area contributed by atoms with E-state index in [-0.39, 0.29) is 30.7 Å². The minimum atomic E-state index is -0.982.